The number of carbonyl (C=O) groups is 1. The quantitative estimate of drug-likeness (QED) is 0.464. The van der Waals surface area contributed by atoms with E-state index in [2.05, 4.69) is 35.9 Å². The van der Waals surface area contributed by atoms with Crippen molar-refractivity contribution in [2.24, 2.45) is 21.1 Å². The van der Waals surface area contributed by atoms with Crippen molar-refractivity contribution in [1.29, 1.82) is 0 Å². The van der Waals surface area contributed by atoms with Crippen LogP contribution in [0.25, 0.3) is 10.9 Å². The van der Waals surface area contributed by atoms with Crippen molar-refractivity contribution in [2.75, 3.05) is 13.7 Å². The molecule has 1 amide bonds. The van der Waals surface area contributed by atoms with E-state index in [1.54, 1.807) is 31.4 Å². The lowest BCUT2D eigenvalue weighted by atomic mass is 9.65. The summed E-state index contributed by atoms with van der Waals surface area (Å²) in [6.07, 6.45) is 3.57. The maximum Gasteiger partial charge on any atom is 0.295 e. The zero-order chi connectivity index (χ0) is 24.1. The van der Waals surface area contributed by atoms with Crippen LogP contribution >= 0.6 is 0 Å². The van der Waals surface area contributed by atoms with E-state index < -0.39 is 5.91 Å². The Hall–Kier alpha value is -3.19. The van der Waals surface area contributed by atoms with Gasteiger partial charge in [-0.15, -0.1) is 10.2 Å². The Morgan fingerprint density at radius 1 is 1.12 bits per heavy atom. The molecule has 2 aliphatic rings. The number of ether oxygens (including phenoxy) is 1. The lowest BCUT2D eigenvalue weighted by molar-refractivity contribution is 0.0995. The number of benzene rings is 2. The molecule has 1 saturated heterocycles. The maximum atomic E-state index is 12.6. The molecular weight excluding hydrogens is 428 g/mol. The number of likely N-dealkylation sites (tertiary alicyclic amines) is 1. The molecule has 2 heterocycles. The van der Waals surface area contributed by atoms with Gasteiger partial charge in [0.15, 0.2) is 5.69 Å². The van der Waals surface area contributed by atoms with Gasteiger partial charge in [-0.25, -0.2) is 0 Å². The van der Waals surface area contributed by atoms with E-state index in [1.165, 1.54) is 12.8 Å². The Balaban J connectivity index is 1.44. The molecular formula is C27H32N4O3. The molecule has 1 aromatic heterocycles. The summed E-state index contributed by atoms with van der Waals surface area (Å²) in [4.78, 5) is 15.1. The van der Waals surface area contributed by atoms with E-state index in [9.17, 15) is 9.90 Å². The number of nitrogens with zero attached hydrogens (tertiary/aromatic N) is 4. The number of fused-ring (bicyclic) bond motifs is 3. The zero-order valence-corrected chi connectivity index (χ0v) is 20.3. The van der Waals surface area contributed by atoms with Crippen LogP contribution in [-0.4, -0.2) is 40.2 Å². The van der Waals surface area contributed by atoms with Crippen molar-refractivity contribution in [1.82, 2.24) is 9.47 Å². The molecule has 2 fully saturated rings. The van der Waals surface area contributed by atoms with Gasteiger partial charge in [0.05, 0.1) is 19.3 Å². The van der Waals surface area contributed by atoms with Crippen LogP contribution in [0.4, 0.5) is 5.69 Å². The van der Waals surface area contributed by atoms with Gasteiger partial charge in [0.25, 0.3) is 5.91 Å². The predicted octanol–water partition coefficient (Wildman–Crippen LogP) is 6.14. The van der Waals surface area contributed by atoms with Crippen molar-refractivity contribution in [3.05, 3.63) is 54.1 Å². The molecule has 0 unspecified atom stereocenters. The summed E-state index contributed by atoms with van der Waals surface area (Å²) in [6, 6.07) is 15.0. The molecule has 5 rings (SSSR count). The van der Waals surface area contributed by atoms with Crippen LogP contribution in [0.5, 0.6) is 11.6 Å². The van der Waals surface area contributed by atoms with Gasteiger partial charge in [-0.1, -0.05) is 39.0 Å². The number of carbonyl (C=O) groups excluding carboxylic acids is 1. The first kappa shape index (κ1) is 22.6. The summed E-state index contributed by atoms with van der Waals surface area (Å²) in [5, 5.41) is 20.1. The highest BCUT2D eigenvalue weighted by molar-refractivity contribution is 5.97. The number of hydrogen-bond acceptors (Lipinski definition) is 5. The Morgan fingerprint density at radius 3 is 2.59 bits per heavy atom. The Bertz CT molecular complexity index is 1260. The zero-order valence-electron chi connectivity index (χ0n) is 20.3. The largest absolute Gasteiger partial charge is 0.497 e. The molecule has 0 radical (unpaired) electrons. The first-order chi connectivity index (χ1) is 16.2. The van der Waals surface area contributed by atoms with Gasteiger partial charge < -0.3 is 9.84 Å². The van der Waals surface area contributed by atoms with Crippen molar-refractivity contribution in [3.8, 4) is 11.6 Å². The number of amides is 1. The van der Waals surface area contributed by atoms with Gasteiger partial charge in [0, 0.05) is 23.5 Å². The second-order valence-corrected chi connectivity index (χ2v) is 11.0. The number of hydrogen-bond donors (Lipinski definition) is 1. The Morgan fingerprint density at radius 2 is 1.85 bits per heavy atom. The van der Waals surface area contributed by atoms with Gasteiger partial charge >= 0.3 is 0 Å². The minimum atomic E-state index is -0.470. The standard InChI is InChI=1S/C27H32N4O3/c1-26(2)13-19-14-27(3,15-26)16-30(19)17-31-22-8-6-5-7-21(22)23(25(31)33)28-29-24(32)18-9-11-20(34-4)12-10-18/h5-12,19,33H,13-17H2,1-4H3/t19-,27-/m0/s1. The molecule has 1 N–H and O–H groups in total. The van der Waals surface area contributed by atoms with Gasteiger partial charge in [-0.05, 0) is 60.4 Å². The van der Waals surface area contributed by atoms with Crippen LogP contribution in [0.2, 0.25) is 0 Å². The molecule has 2 aromatic carbocycles. The molecule has 1 aliphatic heterocycles. The minimum absolute atomic E-state index is 0.0401. The normalized spacial score (nSPS) is 24.2. The molecule has 3 aromatic rings. The van der Waals surface area contributed by atoms with E-state index in [0.717, 1.165) is 23.9 Å². The topological polar surface area (TPSA) is 79.4 Å². The SMILES string of the molecule is COc1ccc(C(=O)N=Nc2c(O)n(CN3C[C@@]4(C)C[C@@H]3CC(C)(C)C4)c3ccccc23)cc1. The smallest absolute Gasteiger partial charge is 0.295 e. The van der Waals surface area contributed by atoms with Crippen molar-refractivity contribution in [3.63, 3.8) is 0 Å². The second-order valence-electron chi connectivity index (χ2n) is 11.0. The van der Waals surface area contributed by atoms with Gasteiger partial charge in [0.2, 0.25) is 5.88 Å². The molecule has 1 aliphatic carbocycles. The van der Waals surface area contributed by atoms with Crippen LogP contribution in [0.15, 0.2) is 58.8 Å². The summed E-state index contributed by atoms with van der Waals surface area (Å²) >= 11 is 0. The Kier molecular flexibility index (Phi) is 5.47. The third kappa shape index (κ3) is 4.09. The van der Waals surface area contributed by atoms with Gasteiger partial charge in [0.1, 0.15) is 5.75 Å². The van der Waals surface area contributed by atoms with Crippen molar-refractivity contribution < 1.29 is 14.6 Å². The third-order valence-corrected chi connectivity index (χ3v) is 7.34. The van der Waals surface area contributed by atoms with Crippen LogP contribution in [0.1, 0.15) is 50.4 Å². The lowest BCUT2D eigenvalue weighted by Crippen LogP contribution is -2.35. The molecule has 7 nitrogen and oxygen atoms in total. The summed E-state index contributed by atoms with van der Waals surface area (Å²) in [7, 11) is 1.57. The average molecular weight is 461 g/mol. The molecule has 34 heavy (non-hydrogen) atoms. The predicted molar refractivity (Wildman–Crippen MR) is 132 cm³/mol. The third-order valence-electron chi connectivity index (χ3n) is 7.34. The number of azo groups is 1. The average Bonchev–Trinajstić information content (AvgIpc) is 3.20. The number of methoxy groups -OCH3 is 1. The number of aromatic nitrogens is 1. The maximum absolute atomic E-state index is 12.6. The van der Waals surface area contributed by atoms with E-state index in [-0.39, 0.29) is 5.88 Å². The van der Waals surface area contributed by atoms with E-state index in [1.807, 2.05) is 28.8 Å². The van der Waals surface area contributed by atoms with Crippen LogP contribution in [0.3, 0.4) is 0 Å². The lowest BCUT2D eigenvalue weighted by Gasteiger charge is -2.40. The van der Waals surface area contributed by atoms with Crippen LogP contribution < -0.4 is 4.74 Å². The van der Waals surface area contributed by atoms with E-state index >= 15 is 0 Å². The summed E-state index contributed by atoms with van der Waals surface area (Å²) in [5.41, 5.74) is 2.25. The Labute approximate surface area is 200 Å². The van der Waals surface area contributed by atoms with Gasteiger partial charge in [-0.2, -0.15) is 0 Å². The fourth-order valence-corrected chi connectivity index (χ4v) is 6.32. The molecule has 2 atom stereocenters. The number of aromatic hydroxyl groups is 1. The first-order valence-electron chi connectivity index (χ1n) is 11.8. The highest BCUT2D eigenvalue weighted by atomic mass is 16.5. The molecule has 2 bridgehead atoms. The van der Waals surface area contributed by atoms with Gasteiger partial charge in [-0.3, -0.25) is 14.3 Å². The van der Waals surface area contributed by atoms with Crippen LogP contribution in [0, 0.1) is 10.8 Å². The second kappa shape index (κ2) is 8.24. The molecule has 1 saturated carbocycles. The molecule has 178 valence electrons. The summed E-state index contributed by atoms with van der Waals surface area (Å²) in [5.74, 6) is 0.235. The van der Waals surface area contributed by atoms with E-state index in [4.69, 9.17) is 4.74 Å². The van der Waals surface area contributed by atoms with Crippen molar-refractivity contribution >= 4 is 22.5 Å². The number of para-hydroxylation sites is 1. The monoisotopic (exact) mass is 460 g/mol. The highest BCUT2D eigenvalue weighted by Gasteiger charge is 2.49. The summed E-state index contributed by atoms with van der Waals surface area (Å²) in [6.45, 7) is 8.72. The number of rotatable bonds is 5. The van der Waals surface area contributed by atoms with E-state index in [0.29, 0.717) is 40.5 Å². The summed E-state index contributed by atoms with van der Waals surface area (Å²) < 4.78 is 7.04. The fraction of sp³-hybridized carbons (Fsp3) is 0.444. The fourth-order valence-electron chi connectivity index (χ4n) is 6.32. The van der Waals surface area contributed by atoms with Crippen molar-refractivity contribution in [2.45, 2.75) is 52.7 Å². The molecule has 0 spiro atoms. The minimum Gasteiger partial charge on any atom is -0.497 e. The van der Waals surface area contributed by atoms with Crippen LogP contribution in [-0.2, 0) is 6.67 Å². The highest BCUT2D eigenvalue weighted by Crippen LogP contribution is 2.53. The first-order valence-corrected chi connectivity index (χ1v) is 11.8. The molecule has 7 heteroatoms.